The van der Waals surface area contributed by atoms with E-state index in [9.17, 15) is 22.8 Å². The molecule has 0 unspecified atom stereocenters. The van der Waals surface area contributed by atoms with Gasteiger partial charge in [-0.25, -0.2) is 8.42 Å². The van der Waals surface area contributed by atoms with Crippen LogP contribution < -0.4 is 20.1 Å². The second-order valence-electron chi connectivity index (χ2n) is 10.4. The Labute approximate surface area is 239 Å². The summed E-state index contributed by atoms with van der Waals surface area (Å²) in [5, 5.41) is 6.16. The zero-order valence-corrected chi connectivity index (χ0v) is 24.3. The standard InChI is InChI=1S/C29H35N3O8S/c1-18(2)13-24(31-29(35)27-15-19-14-21(39-4)10-11-26(19)40-27)28(34)30-23-9-6-12-32(17-25(23)33)41(36,37)22-8-5-7-20(16-22)38-3/h5,7-8,10-11,14-16,18,23-24H,6,9,12-13,17H2,1-4H3,(H,30,34)(H,31,35)/t23-,24-/m0/s1. The number of hydrogen-bond donors (Lipinski definition) is 2. The quantitative estimate of drug-likeness (QED) is 0.369. The Bertz CT molecular complexity index is 1530. The van der Waals surface area contributed by atoms with Gasteiger partial charge in [0.05, 0.1) is 31.7 Å². The van der Waals surface area contributed by atoms with Crippen LogP contribution in [-0.2, 0) is 19.6 Å². The number of Topliss-reactive ketones (excluding diaryl/α,β-unsaturated/α-hetero) is 1. The summed E-state index contributed by atoms with van der Waals surface area (Å²) in [6.07, 6.45) is 0.953. The molecule has 0 saturated carbocycles. The number of methoxy groups -OCH3 is 2. The number of nitrogens with zero attached hydrogens (tertiary/aromatic N) is 1. The minimum Gasteiger partial charge on any atom is -0.497 e. The van der Waals surface area contributed by atoms with E-state index >= 15 is 0 Å². The number of hydrogen-bond acceptors (Lipinski definition) is 8. The summed E-state index contributed by atoms with van der Waals surface area (Å²) in [5.41, 5.74) is 0.498. The second kappa shape index (κ2) is 12.7. The van der Waals surface area contributed by atoms with Crippen molar-refractivity contribution in [3.8, 4) is 11.5 Å². The van der Waals surface area contributed by atoms with Gasteiger partial charge >= 0.3 is 0 Å². The van der Waals surface area contributed by atoms with Gasteiger partial charge in [-0.2, -0.15) is 4.31 Å². The predicted molar refractivity (Wildman–Crippen MR) is 151 cm³/mol. The molecule has 12 heteroatoms. The van der Waals surface area contributed by atoms with Gasteiger partial charge in [0.2, 0.25) is 15.9 Å². The van der Waals surface area contributed by atoms with Crippen molar-refractivity contribution in [2.75, 3.05) is 27.3 Å². The molecule has 0 spiro atoms. The van der Waals surface area contributed by atoms with E-state index in [-0.39, 0.29) is 36.1 Å². The highest BCUT2D eigenvalue weighted by atomic mass is 32.2. The van der Waals surface area contributed by atoms with Gasteiger partial charge in [0, 0.05) is 18.0 Å². The maximum Gasteiger partial charge on any atom is 0.287 e. The van der Waals surface area contributed by atoms with Gasteiger partial charge < -0.3 is 24.5 Å². The summed E-state index contributed by atoms with van der Waals surface area (Å²) in [4.78, 5) is 39.5. The van der Waals surface area contributed by atoms with Gasteiger partial charge in [0.1, 0.15) is 23.1 Å². The topological polar surface area (TPSA) is 144 Å². The van der Waals surface area contributed by atoms with Crippen LogP contribution in [0.15, 0.2) is 57.8 Å². The monoisotopic (exact) mass is 585 g/mol. The molecule has 220 valence electrons. The lowest BCUT2D eigenvalue weighted by Crippen LogP contribution is -2.52. The highest BCUT2D eigenvalue weighted by molar-refractivity contribution is 7.89. The number of fused-ring (bicyclic) bond motifs is 1. The van der Waals surface area contributed by atoms with Crippen molar-refractivity contribution < 1.29 is 36.7 Å². The molecule has 2 N–H and O–H groups in total. The van der Waals surface area contributed by atoms with Crippen molar-refractivity contribution in [3.05, 3.63) is 54.3 Å². The lowest BCUT2D eigenvalue weighted by molar-refractivity contribution is -0.129. The number of carbonyl (C=O) groups excluding carboxylic acids is 3. The average molecular weight is 586 g/mol. The Hall–Kier alpha value is -3.90. The van der Waals surface area contributed by atoms with Crippen molar-refractivity contribution in [2.45, 2.75) is 50.1 Å². The Morgan fingerprint density at radius 2 is 1.80 bits per heavy atom. The first-order valence-corrected chi connectivity index (χ1v) is 14.8. The number of benzene rings is 2. The van der Waals surface area contributed by atoms with Crippen LogP contribution >= 0.6 is 0 Å². The molecule has 4 rings (SSSR count). The number of amides is 2. The highest BCUT2D eigenvalue weighted by Gasteiger charge is 2.34. The fourth-order valence-corrected chi connectivity index (χ4v) is 6.21. The van der Waals surface area contributed by atoms with E-state index in [2.05, 4.69) is 10.6 Å². The largest absolute Gasteiger partial charge is 0.497 e. The molecule has 0 aliphatic carbocycles. The average Bonchev–Trinajstić information content (AvgIpc) is 3.29. The molecule has 3 aromatic rings. The van der Waals surface area contributed by atoms with E-state index in [4.69, 9.17) is 13.9 Å². The molecule has 1 aliphatic rings. The number of carbonyl (C=O) groups is 3. The molecule has 0 radical (unpaired) electrons. The van der Waals surface area contributed by atoms with Crippen LogP contribution in [0.25, 0.3) is 11.0 Å². The van der Waals surface area contributed by atoms with Crippen molar-refractivity contribution >= 4 is 38.6 Å². The van der Waals surface area contributed by atoms with Crippen LogP contribution in [0.4, 0.5) is 0 Å². The Balaban J connectivity index is 1.45. The molecule has 1 aliphatic heterocycles. The maximum absolute atomic E-state index is 13.3. The zero-order valence-electron chi connectivity index (χ0n) is 23.5. The minimum absolute atomic E-state index is 0.0240. The molecular weight excluding hydrogens is 550 g/mol. The third-order valence-electron chi connectivity index (χ3n) is 6.89. The number of ketones is 1. The molecule has 1 saturated heterocycles. The van der Waals surface area contributed by atoms with Gasteiger partial charge in [-0.15, -0.1) is 0 Å². The first kappa shape index (κ1) is 30.1. The second-order valence-corrected chi connectivity index (χ2v) is 12.3. The molecule has 1 fully saturated rings. The highest BCUT2D eigenvalue weighted by Crippen LogP contribution is 2.25. The third-order valence-corrected chi connectivity index (χ3v) is 8.73. The van der Waals surface area contributed by atoms with E-state index in [1.54, 1.807) is 43.5 Å². The van der Waals surface area contributed by atoms with E-state index in [1.807, 2.05) is 13.8 Å². The van der Waals surface area contributed by atoms with Gasteiger partial charge in [-0.3, -0.25) is 14.4 Å². The fourth-order valence-electron chi connectivity index (χ4n) is 4.73. The Morgan fingerprint density at radius 1 is 1.07 bits per heavy atom. The summed E-state index contributed by atoms with van der Waals surface area (Å²) in [6, 6.07) is 11.0. The molecule has 2 atom stereocenters. The molecule has 41 heavy (non-hydrogen) atoms. The van der Waals surface area contributed by atoms with Gasteiger partial charge in [-0.1, -0.05) is 19.9 Å². The maximum atomic E-state index is 13.3. The predicted octanol–water partition coefficient (Wildman–Crippen LogP) is 3.13. The van der Waals surface area contributed by atoms with Crippen LogP contribution in [0, 0.1) is 5.92 Å². The van der Waals surface area contributed by atoms with Crippen LogP contribution in [0.3, 0.4) is 0 Å². The molecule has 0 bridgehead atoms. The Kier molecular flexibility index (Phi) is 9.34. The molecule has 11 nitrogen and oxygen atoms in total. The summed E-state index contributed by atoms with van der Waals surface area (Å²) >= 11 is 0. The minimum atomic E-state index is -3.95. The third kappa shape index (κ3) is 7.06. The van der Waals surface area contributed by atoms with Crippen LogP contribution in [0.5, 0.6) is 11.5 Å². The molecule has 2 heterocycles. The Morgan fingerprint density at radius 3 is 2.51 bits per heavy atom. The summed E-state index contributed by atoms with van der Waals surface area (Å²) in [6.45, 7) is 3.57. The summed E-state index contributed by atoms with van der Waals surface area (Å²) < 4.78 is 43.6. The van der Waals surface area contributed by atoms with Gasteiger partial charge in [-0.05, 0) is 61.6 Å². The van der Waals surface area contributed by atoms with E-state index < -0.39 is 39.7 Å². The van der Waals surface area contributed by atoms with Crippen LogP contribution in [0.1, 0.15) is 43.7 Å². The lowest BCUT2D eigenvalue weighted by Gasteiger charge is -2.23. The lowest BCUT2D eigenvalue weighted by atomic mass is 10.0. The summed E-state index contributed by atoms with van der Waals surface area (Å²) in [5.74, 6) is -0.416. The van der Waals surface area contributed by atoms with E-state index in [0.717, 1.165) is 4.31 Å². The fraction of sp³-hybridized carbons (Fsp3) is 0.414. The number of sulfonamides is 1. The summed E-state index contributed by atoms with van der Waals surface area (Å²) in [7, 11) is -0.969. The molecule has 2 amide bonds. The molecule has 1 aromatic heterocycles. The van der Waals surface area contributed by atoms with Crippen molar-refractivity contribution in [3.63, 3.8) is 0 Å². The van der Waals surface area contributed by atoms with Gasteiger partial charge in [0.25, 0.3) is 5.91 Å². The van der Waals surface area contributed by atoms with Crippen molar-refractivity contribution in [1.29, 1.82) is 0 Å². The molecule has 2 aromatic carbocycles. The van der Waals surface area contributed by atoms with Crippen molar-refractivity contribution in [1.82, 2.24) is 14.9 Å². The number of ether oxygens (including phenoxy) is 2. The van der Waals surface area contributed by atoms with Gasteiger partial charge in [0.15, 0.2) is 11.5 Å². The first-order valence-electron chi connectivity index (χ1n) is 13.4. The number of nitrogens with one attached hydrogen (secondary N) is 2. The van der Waals surface area contributed by atoms with E-state index in [1.165, 1.54) is 19.2 Å². The zero-order chi connectivity index (χ0) is 29.7. The normalized spacial score (nSPS) is 17.2. The SMILES string of the molecule is COc1cccc(S(=O)(=O)N2CCC[C@H](NC(=O)[C@H](CC(C)C)NC(=O)c3cc4cc(OC)ccc4o3)C(=O)C2)c1. The molecular formula is C29H35N3O8S. The van der Waals surface area contributed by atoms with Crippen LogP contribution in [-0.4, -0.2) is 69.7 Å². The van der Waals surface area contributed by atoms with Crippen molar-refractivity contribution in [2.24, 2.45) is 5.92 Å². The van der Waals surface area contributed by atoms with E-state index in [0.29, 0.717) is 35.3 Å². The number of furan rings is 1. The number of rotatable bonds is 10. The van der Waals surface area contributed by atoms with Crippen LogP contribution in [0.2, 0.25) is 0 Å². The first-order chi connectivity index (χ1) is 19.5. The smallest absolute Gasteiger partial charge is 0.287 e.